The molecule has 2 aromatic rings. The highest BCUT2D eigenvalue weighted by Crippen LogP contribution is 2.39. The number of halogens is 6. The molecule has 2 heterocycles. The summed E-state index contributed by atoms with van der Waals surface area (Å²) in [6, 6.07) is 3.51. The summed E-state index contributed by atoms with van der Waals surface area (Å²) in [6.45, 7) is 0. The first-order chi connectivity index (χ1) is 12.4. The smallest absolute Gasteiger partial charge is 0.416 e. The molecule has 11 heteroatoms. The topological polar surface area (TPSA) is 59.3 Å². The summed E-state index contributed by atoms with van der Waals surface area (Å²) in [7, 11) is 0. The molecule has 3 rings (SSSR count). The molecule has 1 saturated heterocycles. The summed E-state index contributed by atoms with van der Waals surface area (Å²) in [4.78, 5) is 22.5. The van der Waals surface area contributed by atoms with E-state index < -0.39 is 40.2 Å². The van der Waals surface area contributed by atoms with Gasteiger partial charge in [-0.15, -0.1) is 0 Å². The third-order valence-corrected chi connectivity index (χ3v) is 4.22. The Kier molecular flexibility index (Phi) is 4.58. The largest absolute Gasteiger partial charge is 0.457 e. The van der Waals surface area contributed by atoms with Gasteiger partial charge in [-0.05, 0) is 42.1 Å². The molecular formula is C16H7F6NO3S. The van der Waals surface area contributed by atoms with Crippen LogP contribution < -0.4 is 5.32 Å². The monoisotopic (exact) mass is 407 g/mol. The van der Waals surface area contributed by atoms with Gasteiger partial charge in [0.1, 0.15) is 11.5 Å². The van der Waals surface area contributed by atoms with E-state index in [1.165, 1.54) is 12.1 Å². The van der Waals surface area contributed by atoms with E-state index in [0.29, 0.717) is 23.9 Å². The van der Waals surface area contributed by atoms with Crippen molar-refractivity contribution in [1.82, 2.24) is 5.32 Å². The van der Waals surface area contributed by atoms with Crippen LogP contribution in [0.5, 0.6) is 0 Å². The third-order valence-electron chi connectivity index (χ3n) is 3.41. The first-order valence-electron chi connectivity index (χ1n) is 7.08. The molecule has 1 N–H and O–H groups in total. The standard InChI is InChI=1S/C16H7F6NO3S/c17-15(18,19)8-3-7(4-9(5-8)16(20,21)22)11-2-1-10(26-11)6-12-13(24)23-14(25)27-12/h1-6H,(H,23,24,25). The summed E-state index contributed by atoms with van der Waals surface area (Å²) in [6.07, 6.45) is -8.80. The second-order valence-corrected chi connectivity index (χ2v) is 6.36. The van der Waals surface area contributed by atoms with Gasteiger partial charge in [0.05, 0.1) is 16.0 Å². The minimum atomic E-state index is -4.98. The van der Waals surface area contributed by atoms with Crippen molar-refractivity contribution in [1.29, 1.82) is 0 Å². The number of hydrogen-bond acceptors (Lipinski definition) is 4. The van der Waals surface area contributed by atoms with Gasteiger partial charge in [0.25, 0.3) is 11.1 Å². The van der Waals surface area contributed by atoms with Crippen LogP contribution in [-0.2, 0) is 17.1 Å². The zero-order chi connectivity index (χ0) is 20.0. The Labute approximate surface area is 151 Å². The van der Waals surface area contributed by atoms with Crippen LogP contribution in [0, 0.1) is 0 Å². The molecule has 1 aromatic carbocycles. The maximum atomic E-state index is 12.9. The molecular weight excluding hydrogens is 400 g/mol. The van der Waals surface area contributed by atoms with Gasteiger partial charge in [-0.25, -0.2) is 0 Å². The zero-order valence-corrected chi connectivity index (χ0v) is 13.7. The van der Waals surface area contributed by atoms with Crippen molar-refractivity contribution >= 4 is 29.0 Å². The number of carbonyl (C=O) groups is 2. The number of hydrogen-bond donors (Lipinski definition) is 1. The first kappa shape index (κ1) is 19.1. The second-order valence-electron chi connectivity index (χ2n) is 5.35. The molecule has 0 saturated carbocycles. The lowest BCUT2D eigenvalue weighted by molar-refractivity contribution is -0.143. The van der Waals surface area contributed by atoms with Crippen molar-refractivity contribution in [3.63, 3.8) is 0 Å². The first-order valence-corrected chi connectivity index (χ1v) is 7.90. The van der Waals surface area contributed by atoms with Crippen molar-refractivity contribution in [2.75, 3.05) is 0 Å². The molecule has 142 valence electrons. The number of rotatable bonds is 2. The van der Waals surface area contributed by atoms with Crippen molar-refractivity contribution < 1.29 is 40.3 Å². The van der Waals surface area contributed by atoms with Gasteiger partial charge >= 0.3 is 12.4 Å². The highest BCUT2D eigenvalue weighted by atomic mass is 32.2. The van der Waals surface area contributed by atoms with Crippen LogP contribution in [0.2, 0.25) is 0 Å². The molecule has 2 amide bonds. The fraction of sp³-hybridized carbons (Fsp3) is 0.125. The average molecular weight is 407 g/mol. The van der Waals surface area contributed by atoms with Gasteiger partial charge in [0.2, 0.25) is 0 Å². The molecule has 1 aliphatic heterocycles. The Morgan fingerprint density at radius 2 is 1.52 bits per heavy atom. The average Bonchev–Trinajstić information content (AvgIpc) is 3.12. The van der Waals surface area contributed by atoms with Gasteiger partial charge in [-0.2, -0.15) is 26.3 Å². The molecule has 1 aliphatic rings. The van der Waals surface area contributed by atoms with E-state index in [9.17, 15) is 35.9 Å². The number of furan rings is 1. The van der Waals surface area contributed by atoms with E-state index in [0.717, 1.165) is 6.08 Å². The highest BCUT2D eigenvalue weighted by molar-refractivity contribution is 8.18. The van der Waals surface area contributed by atoms with Crippen LogP contribution in [0.3, 0.4) is 0 Å². The summed E-state index contributed by atoms with van der Waals surface area (Å²) < 4.78 is 82.8. The van der Waals surface area contributed by atoms with Crippen molar-refractivity contribution in [3.8, 4) is 11.3 Å². The molecule has 0 unspecified atom stereocenters. The lowest BCUT2D eigenvalue weighted by Crippen LogP contribution is -2.17. The lowest BCUT2D eigenvalue weighted by Gasteiger charge is -2.13. The van der Waals surface area contributed by atoms with Crippen LogP contribution >= 0.6 is 11.8 Å². The van der Waals surface area contributed by atoms with Gasteiger partial charge in [-0.1, -0.05) is 0 Å². The Morgan fingerprint density at radius 3 is 2.00 bits per heavy atom. The number of nitrogens with one attached hydrogen (secondary N) is 1. The molecule has 4 nitrogen and oxygen atoms in total. The number of benzene rings is 1. The molecule has 0 spiro atoms. The van der Waals surface area contributed by atoms with Gasteiger partial charge < -0.3 is 4.42 Å². The van der Waals surface area contributed by atoms with Crippen LogP contribution in [0.4, 0.5) is 31.1 Å². The number of amides is 2. The minimum Gasteiger partial charge on any atom is -0.457 e. The Hall–Kier alpha value is -2.69. The Morgan fingerprint density at radius 1 is 0.926 bits per heavy atom. The lowest BCUT2D eigenvalue weighted by atomic mass is 10.0. The molecule has 0 aliphatic carbocycles. The van der Waals surface area contributed by atoms with E-state index in [4.69, 9.17) is 4.42 Å². The van der Waals surface area contributed by atoms with Crippen LogP contribution in [-0.4, -0.2) is 11.1 Å². The predicted octanol–water partition coefficient (Wildman–Crippen LogP) is 5.31. The van der Waals surface area contributed by atoms with E-state index >= 15 is 0 Å². The van der Waals surface area contributed by atoms with Crippen molar-refractivity contribution in [2.24, 2.45) is 0 Å². The predicted molar refractivity (Wildman–Crippen MR) is 83.3 cm³/mol. The fourth-order valence-electron chi connectivity index (χ4n) is 2.23. The molecule has 27 heavy (non-hydrogen) atoms. The Balaban J connectivity index is 2.02. The molecule has 0 atom stereocenters. The quantitative estimate of drug-likeness (QED) is 0.542. The number of imide groups is 1. The van der Waals surface area contributed by atoms with E-state index in [2.05, 4.69) is 0 Å². The van der Waals surface area contributed by atoms with E-state index in [1.54, 1.807) is 0 Å². The number of thioether (sulfide) groups is 1. The van der Waals surface area contributed by atoms with Crippen molar-refractivity contribution in [2.45, 2.75) is 12.4 Å². The molecule has 1 aromatic heterocycles. The Bertz CT molecular complexity index is 926. The number of alkyl halides is 6. The molecule has 0 bridgehead atoms. The third kappa shape index (κ3) is 4.18. The van der Waals surface area contributed by atoms with Crippen molar-refractivity contribution in [3.05, 3.63) is 52.1 Å². The molecule has 0 radical (unpaired) electrons. The van der Waals surface area contributed by atoms with Crippen LogP contribution in [0.1, 0.15) is 16.9 Å². The minimum absolute atomic E-state index is 0.0108. The van der Waals surface area contributed by atoms with Crippen LogP contribution in [0.25, 0.3) is 17.4 Å². The second kappa shape index (κ2) is 6.48. The molecule has 1 fully saturated rings. The van der Waals surface area contributed by atoms with E-state index in [1.807, 2.05) is 5.32 Å². The maximum absolute atomic E-state index is 12.9. The SMILES string of the molecule is O=C1NC(=O)C(=Cc2ccc(-c3cc(C(F)(F)F)cc(C(F)(F)F)c3)o2)S1. The van der Waals surface area contributed by atoms with Gasteiger partial charge in [-0.3, -0.25) is 14.9 Å². The summed E-state index contributed by atoms with van der Waals surface area (Å²) >= 11 is 0.589. The van der Waals surface area contributed by atoms with Crippen LogP contribution in [0.15, 0.2) is 39.7 Å². The summed E-state index contributed by atoms with van der Waals surface area (Å²) in [5.41, 5.74) is -3.37. The normalized spacial score (nSPS) is 16.9. The van der Waals surface area contributed by atoms with E-state index in [-0.39, 0.29) is 22.5 Å². The zero-order valence-electron chi connectivity index (χ0n) is 12.9. The fourth-order valence-corrected chi connectivity index (χ4v) is 2.90. The van der Waals surface area contributed by atoms with Gasteiger partial charge in [0.15, 0.2) is 0 Å². The number of carbonyl (C=O) groups excluding carboxylic acids is 2. The van der Waals surface area contributed by atoms with Gasteiger partial charge in [0, 0.05) is 11.6 Å². The highest BCUT2D eigenvalue weighted by Gasteiger charge is 2.37. The summed E-state index contributed by atoms with van der Waals surface area (Å²) in [5.74, 6) is -0.946. The summed E-state index contributed by atoms with van der Waals surface area (Å²) in [5, 5.41) is 1.39. The maximum Gasteiger partial charge on any atom is 0.416 e.